The minimum Gasteiger partial charge on any atom is -0.497 e. The van der Waals surface area contributed by atoms with Crippen molar-refractivity contribution in [2.24, 2.45) is 0 Å². The summed E-state index contributed by atoms with van der Waals surface area (Å²) < 4.78 is 10.6. The molecule has 0 unspecified atom stereocenters. The number of carbonyl (C=O) groups excluding carboxylic acids is 1. The van der Waals surface area contributed by atoms with Gasteiger partial charge in [0.1, 0.15) is 11.5 Å². The van der Waals surface area contributed by atoms with Crippen molar-refractivity contribution < 1.29 is 14.3 Å². The van der Waals surface area contributed by atoms with Crippen LogP contribution in [0.1, 0.15) is 22.3 Å². The average Bonchev–Trinajstić information content (AvgIpc) is 2.81. The van der Waals surface area contributed by atoms with Gasteiger partial charge in [0.2, 0.25) is 0 Å². The number of benzene rings is 3. The Morgan fingerprint density at radius 1 is 0.733 bits per heavy atom. The molecule has 1 aliphatic rings. The first kappa shape index (κ1) is 19.5. The van der Waals surface area contributed by atoms with Gasteiger partial charge >= 0.3 is 0 Å². The second-order valence-corrected chi connectivity index (χ2v) is 6.90. The summed E-state index contributed by atoms with van der Waals surface area (Å²) in [6.45, 7) is 0. The van der Waals surface area contributed by atoms with Gasteiger partial charge in [0.15, 0.2) is 5.78 Å². The fourth-order valence-electron chi connectivity index (χ4n) is 3.51. The van der Waals surface area contributed by atoms with E-state index in [0.29, 0.717) is 5.57 Å². The Bertz CT molecular complexity index is 1100. The van der Waals surface area contributed by atoms with Gasteiger partial charge in [0, 0.05) is 5.57 Å². The highest BCUT2D eigenvalue weighted by molar-refractivity contribution is 6.30. The lowest BCUT2D eigenvalue weighted by Crippen LogP contribution is -2.04. The van der Waals surface area contributed by atoms with Crippen molar-refractivity contribution in [1.82, 2.24) is 0 Å². The van der Waals surface area contributed by atoms with E-state index >= 15 is 0 Å². The lowest BCUT2D eigenvalue weighted by atomic mass is 9.90. The van der Waals surface area contributed by atoms with Crippen LogP contribution in [0.3, 0.4) is 0 Å². The highest BCUT2D eigenvalue weighted by Crippen LogP contribution is 2.30. The molecule has 0 heterocycles. The van der Waals surface area contributed by atoms with Crippen molar-refractivity contribution in [3.63, 3.8) is 0 Å². The monoisotopic (exact) mass is 394 g/mol. The Morgan fingerprint density at radius 2 is 1.30 bits per heavy atom. The van der Waals surface area contributed by atoms with Crippen molar-refractivity contribution in [2.45, 2.75) is 0 Å². The fourth-order valence-corrected chi connectivity index (χ4v) is 3.51. The van der Waals surface area contributed by atoms with Gasteiger partial charge in [-0.1, -0.05) is 60.7 Å². The number of methoxy groups -OCH3 is 2. The summed E-state index contributed by atoms with van der Waals surface area (Å²) in [4.78, 5) is 12.6. The minimum absolute atomic E-state index is 0.00811. The SMILES string of the molecule is COc1ccc(C(=C/C=C2/C(=O)C=Cc3ccccc32)c2ccc(OC)cc2)cc1. The van der Waals surface area contributed by atoms with Gasteiger partial charge in [-0.25, -0.2) is 0 Å². The van der Waals surface area contributed by atoms with Crippen LogP contribution < -0.4 is 9.47 Å². The van der Waals surface area contributed by atoms with E-state index in [1.54, 1.807) is 20.3 Å². The molecule has 4 rings (SSSR count). The molecular weight excluding hydrogens is 372 g/mol. The Balaban J connectivity index is 1.82. The maximum absolute atomic E-state index is 12.6. The lowest BCUT2D eigenvalue weighted by Gasteiger charge is -2.13. The third kappa shape index (κ3) is 3.96. The van der Waals surface area contributed by atoms with Gasteiger partial charge in [0.25, 0.3) is 0 Å². The van der Waals surface area contributed by atoms with Crippen molar-refractivity contribution in [1.29, 1.82) is 0 Å². The number of carbonyl (C=O) groups is 1. The largest absolute Gasteiger partial charge is 0.497 e. The quantitative estimate of drug-likeness (QED) is 0.512. The van der Waals surface area contributed by atoms with Gasteiger partial charge in [-0.3, -0.25) is 4.79 Å². The molecule has 3 heteroatoms. The van der Waals surface area contributed by atoms with Crippen molar-refractivity contribution in [3.8, 4) is 11.5 Å². The number of hydrogen-bond donors (Lipinski definition) is 0. The lowest BCUT2D eigenvalue weighted by molar-refractivity contribution is -0.109. The van der Waals surface area contributed by atoms with Gasteiger partial charge in [-0.05, 0) is 64.2 Å². The summed E-state index contributed by atoms with van der Waals surface area (Å²) in [5.74, 6) is 1.61. The minimum atomic E-state index is 0.00811. The molecule has 0 radical (unpaired) electrons. The van der Waals surface area contributed by atoms with Crippen molar-refractivity contribution >= 4 is 23.0 Å². The van der Waals surface area contributed by atoms with Crippen LogP contribution in [-0.2, 0) is 4.79 Å². The Labute approximate surface area is 176 Å². The van der Waals surface area contributed by atoms with Crippen LogP contribution in [0.5, 0.6) is 11.5 Å². The summed E-state index contributed by atoms with van der Waals surface area (Å²) in [5, 5.41) is 0. The Hall–Kier alpha value is -3.85. The van der Waals surface area contributed by atoms with E-state index in [1.165, 1.54) is 0 Å². The molecule has 0 saturated heterocycles. The van der Waals surface area contributed by atoms with Crippen LogP contribution in [0.15, 0.2) is 91.0 Å². The molecule has 3 nitrogen and oxygen atoms in total. The maximum atomic E-state index is 12.6. The van der Waals surface area contributed by atoms with Crippen LogP contribution in [0.25, 0.3) is 17.2 Å². The predicted molar refractivity (Wildman–Crippen MR) is 122 cm³/mol. The first-order valence-corrected chi connectivity index (χ1v) is 9.72. The number of ketones is 1. The molecule has 1 aliphatic carbocycles. The molecule has 0 fully saturated rings. The van der Waals surface area contributed by atoms with E-state index in [0.717, 1.165) is 39.3 Å². The topological polar surface area (TPSA) is 35.5 Å². The Morgan fingerprint density at radius 3 is 1.87 bits per heavy atom. The molecular formula is C27H22O3. The number of rotatable bonds is 5. The fraction of sp³-hybridized carbons (Fsp3) is 0.0741. The molecule has 0 aromatic heterocycles. The zero-order valence-corrected chi connectivity index (χ0v) is 17.0. The number of hydrogen-bond acceptors (Lipinski definition) is 3. The summed E-state index contributed by atoms with van der Waals surface area (Å²) in [6, 6.07) is 23.7. The third-order valence-corrected chi connectivity index (χ3v) is 5.15. The van der Waals surface area contributed by atoms with E-state index in [9.17, 15) is 4.79 Å². The van der Waals surface area contributed by atoms with Gasteiger partial charge in [-0.15, -0.1) is 0 Å². The molecule has 0 aliphatic heterocycles. The van der Waals surface area contributed by atoms with Gasteiger partial charge in [0.05, 0.1) is 14.2 Å². The highest BCUT2D eigenvalue weighted by atomic mass is 16.5. The van der Waals surface area contributed by atoms with Crippen LogP contribution in [-0.4, -0.2) is 20.0 Å². The zero-order chi connectivity index (χ0) is 20.9. The molecule has 0 saturated carbocycles. The van der Waals surface area contributed by atoms with Crippen molar-refractivity contribution in [2.75, 3.05) is 14.2 Å². The summed E-state index contributed by atoms with van der Waals surface area (Å²) >= 11 is 0. The van der Waals surface area contributed by atoms with E-state index in [4.69, 9.17) is 9.47 Å². The van der Waals surface area contributed by atoms with E-state index < -0.39 is 0 Å². The summed E-state index contributed by atoms with van der Waals surface area (Å²) in [5.41, 5.74) is 5.76. The van der Waals surface area contributed by atoms with Gasteiger partial charge < -0.3 is 9.47 Å². The van der Waals surface area contributed by atoms with Crippen LogP contribution in [0.4, 0.5) is 0 Å². The zero-order valence-electron chi connectivity index (χ0n) is 17.0. The molecule has 3 aromatic rings. The van der Waals surface area contributed by atoms with E-state index in [1.807, 2.05) is 91.0 Å². The number of allylic oxidation sites excluding steroid dienone is 4. The highest BCUT2D eigenvalue weighted by Gasteiger charge is 2.16. The first-order chi connectivity index (χ1) is 14.7. The standard InChI is InChI=1S/C27H22O3/c1-29-22-12-7-20(8-13-22)24(21-9-14-23(30-2)15-10-21)16-17-26-25-6-4-3-5-19(25)11-18-27(26)28/h3-18H,1-2H3/b26-17+. The molecule has 0 N–H and O–H groups in total. The van der Waals surface area contributed by atoms with Crippen molar-refractivity contribution in [3.05, 3.63) is 113 Å². The summed E-state index contributed by atoms with van der Waals surface area (Å²) in [7, 11) is 3.30. The van der Waals surface area contributed by atoms with Gasteiger partial charge in [-0.2, -0.15) is 0 Å². The third-order valence-electron chi connectivity index (χ3n) is 5.15. The van der Waals surface area contributed by atoms with Crippen LogP contribution in [0.2, 0.25) is 0 Å². The molecule has 0 atom stereocenters. The molecule has 0 amide bonds. The molecule has 0 bridgehead atoms. The van der Waals surface area contributed by atoms with E-state index in [-0.39, 0.29) is 5.78 Å². The first-order valence-electron chi connectivity index (χ1n) is 9.72. The number of fused-ring (bicyclic) bond motifs is 1. The second-order valence-electron chi connectivity index (χ2n) is 6.90. The maximum Gasteiger partial charge on any atom is 0.186 e. The molecule has 3 aromatic carbocycles. The van der Waals surface area contributed by atoms with Crippen LogP contribution in [0, 0.1) is 0 Å². The molecule has 148 valence electrons. The number of ether oxygens (including phenoxy) is 2. The van der Waals surface area contributed by atoms with Crippen LogP contribution >= 0.6 is 0 Å². The summed E-state index contributed by atoms with van der Waals surface area (Å²) in [6.07, 6.45) is 7.41. The normalized spacial score (nSPS) is 13.7. The smallest absolute Gasteiger partial charge is 0.186 e. The predicted octanol–water partition coefficient (Wildman–Crippen LogP) is 5.82. The second kappa shape index (κ2) is 8.66. The Kier molecular flexibility index (Phi) is 5.62. The molecule has 30 heavy (non-hydrogen) atoms. The van der Waals surface area contributed by atoms with E-state index in [2.05, 4.69) is 0 Å². The molecule has 0 spiro atoms. The average molecular weight is 394 g/mol.